The van der Waals surface area contributed by atoms with E-state index in [4.69, 9.17) is 5.11 Å². The van der Waals surface area contributed by atoms with E-state index in [0.717, 1.165) is 6.42 Å². The number of rotatable bonds is 8. The predicted molar refractivity (Wildman–Crippen MR) is 85.2 cm³/mol. The first-order valence-corrected chi connectivity index (χ1v) is 7.75. The van der Waals surface area contributed by atoms with E-state index >= 15 is 0 Å². The third-order valence-corrected chi connectivity index (χ3v) is 3.87. The molecule has 0 aliphatic rings. The maximum absolute atomic E-state index is 11.8. The van der Waals surface area contributed by atoms with Gasteiger partial charge in [0.15, 0.2) is 0 Å². The van der Waals surface area contributed by atoms with Gasteiger partial charge in [0, 0.05) is 19.5 Å². The average molecular weight is 300 g/mol. The lowest BCUT2D eigenvalue weighted by Crippen LogP contribution is -2.42. The Morgan fingerprint density at radius 2 is 1.57 bits per heavy atom. The monoisotopic (exact) mass is 300 g/mol. The number of amides is 2. The third-order valence-electron chi connectivity index (χ3n) is 3.87. The molecule has 0 aliphatic heterocycles. The van der Waals surface area contributed by atoms with Crippen LogP contribution in [0.4, 0.5) is 4.79 Å². The second-order valence-electron chi connectivity index (χ2n) is 7.45. The summed E-state index contributed by atoms with van der Waals surface area (Å²) < 4.78 is 0. The smallest absolute Gasteiger partial charge is 0.314 e. The molecular formula is C16H32N2O3. The van der Waals surface area contributed by atoms with Crippen LogP contribution >= 0.6 is 0 Å². The summed E-state index contributed by atoms with van der Waals surface area (Å²) in [6, 6.07) is -0.217. The largest absolute Gasteiger partial charge is 0.481 e. The normalized spacial score (nSPS) is 14.6. The van der Waals surface area contributed by atoms with Gasteiger partial charge in [-0.15, -0.1) is 0 Å². The Labute approximate surface area is 128 Å². The summed E-state index contributed by atoms with van der Waals surface area (Å²) >= 11 is 0. The Morgan fingerprint density at radius 1 is 1.05 bits per heavy atom. The van der Waals surface area contributed by atoms with Crippen molar-refractivity contribution >= 4 is 12.0 Å². The summed E-state index contributed by atoms with van der Waals surface area (Å²) in [5.41, 5.74) is 0.150. The van der Waals surface area contributed by atoms with Gasteiger partial charge in [0.25, 0.3) is 0 Å². The van der Waals surface area contributed by atoms with E-state index < -0.39 is 5.97 Å². The van der Waals surface area contributed by atoms with Crippen molar-refractivity contribution < 1.29 is 14.7 Å². The van der Waals surface area contributed by atoms with Crippen molar-refractivity contribution in [2.45, 2.75) is 54.4 Å². The van der Waals surface area contributed by atoms with Gasteiger partial charge < -0.3 is 15.7 Å². The van der Waals surface area contributed by atoms with E-state index in [1.807, 2.05) is 0 Å². The molecule has 21 heavy (non-hydrogen) atoms. The van der Waals surface area contributed by atoms with E-state index in [1.54, 1.807) is 0 Å². The summed E-state index contributed by atoms with van der Waals surface area (Å²) in [4.78, 5) is 22.6. The SMILES string of the molecule is CC(C)C[C@H](CNC(=O)NCC(C)C(C)(C)C)CC(=O)O. The van der Waals surface area contributed by atoms with E-state index in [2.05, 4.69) is 52.2 Å². The van der Waals surface area contributed by atoms with Crippen LogP contribution in [0.25, 0.3) is 0 Å². The first kappa shape index (κ1) is 19.7. The Kier molecular flexibility index (Phi) is 8.37. The van der Waals surface area contributed by atoms with Crippen LogP contribution < -0.4 is 10.6 Å². The van der Waals surface area contributed by atoms with Crippen LogP contribution in [0.15, 0.2) is 0 Å². The molecule has 0 fully saturated rings. The van der Waals surface area contributed by atoms with Gasteiger partial charge in [-0.05, 0) is 29.6 Å². The molecule has 1 unspecified atom stereocenters. The first-order chi connectivity index (χ1) is 9.52. The molecule has 0 aromatic rings. The molecular weight excluding hydrogens is 268 g/mol. The molecule has 0 radical (unpaired) electrons. The molecule has 0 rings (SSSR count). The van der Waals surface area contributed by atoms with Gasteiger partial charge >= 0.3 is 12.0 Å². The van der Waals surface area contributed by atoms with Gasteiger partial charge in [0.1, 0.15) is 0 Å². The van der Waals surface area contributed by atoms with Gasteiger partial charge in [0.05, 0.1) is 0 Å². The Balaban J connectivity index is 4.15. The molecule has 2 amide bonds. The van der Waals surface area contributed by atoms with Crippen molar-refractivity contribution in [3.63, 3.8) is 0 Å². The zero-order valence-corrected chi connectivity index (χ0v) is 14.3. The molecule has 0 bridgehead atoms. The predicted octanol–water partition coefficient (Wildman–Crippen LogP) is 3.10. The molecule has 3 N–H and O–H groups in total. The molecule has 0 saturated heterocycles. The van der Waals surface area contributed by atoms with Gasteiger partial charge in [-0.1, -0.05) is 41.5 Å². The number of carbonyl (C=O) groups excluding carboxylic acids is 1. The van der Waals surface area contributed by atoms with E-state index in [9.17, 15) is 9.59 Å². The van der Waals surface area contributed by atoms with Crippen LogP contribution in [0, 0.1) is 23.2 Å². The quantitative estimate of drug-likeness (QED) is 0.644. The van der Waals surface area contributed by atoms with Crippen molar-refractivity contribution in [3.8, 4) is 0 Å². The van der Waals surface area contributed by atoms with Crippen LogP contribution in [-0.4, -0.2) is 30.2 Å². The number of nitrogens with one attached hydrogen (secondary N) is 2. The highest BCUT2D eigenvalue weighted by Crippen LogP contribution is 2.24. The highest BCUT2D eigenvalue weighted by molar-refractivity contribution is 5.74. The number of hydrogen-bond acceptors (Lipinski definition) is 2. The first-order valence-electron chi connectivity index (χ1n) is 7.75. The fraction of sp³-hybridized carbons (Fsp3) is 0.875. The lowest BCUT2D eigenvalue weighted by molar-refractivity contribution is -0.138. The van der Waals surface area contributed by atoms with Crippen LogP contribution in [0.2, 0.25) is 0 Å². The number of carbonyl (C=O) groups is 2. The van der Waals surface area contributed by atoms with Crippen molar-refractivity contribution in [2.75, 3.05) is 13.1 Å². The van der Waals surface area contributed by atoms with E-state index in [-0.39, 0.29) is 23.8 Å². The number of aliphatic carboxylic acids is 1. The maximum atomic E-state index is 11.8. The number of carboxylic acid groups (broad SMARTS) is 1. The van der Waals surface area contributed by atoms with Gasteiger partial charge in [-0.25, -0.2) is 4.79 Å². The van der Waals surface area contributed by atoms with Crippen molar-refractivity contribution in [1.29, 1.82) is 0 Å². The Morgan fingerprint density at radius 3 is 2.00 bits per heavy atom. The number of hydrogen-bond donors (Lipinski definition) is 3. The second-order valence-corrected chi connectivity index (χ2v) is 7.45. The molecule has 124 valence electrons. The molecule has 0 saturated carbocycles. The van der Waals surface area contributed by atoms with E-state index in [0.29, 0.717) is 24.9 Å². The van der Waals surface area contributed by atoms with Gasteiger partial charge in [0.2, 0.25) is 0 Å². The third kappa shape index (κ3) is 10.2. The minimum atomic E-state index is -0.816. The molecule has 0 spiro atoms. The van der Waals surface area contributed by atoms with Crippen LogP contribution in [0.1, 0.15) is 54.4 Å². The summed E-state index contributed by atoms with van der Waals surface area (Å²) in [7, 11) is 0. The number of carboxylic acids is 1. The standard InChI is InChI=1S/C16H32N2O3/c1-11(2)7-13(8-14(19)20)10-18-15(21)17-9-12(3)16(4,5)6/h11-13H,7-10H2,1-6H3,(H,19,20)(H2,17,18,21)/t12?,13-/m0/s1. The fourth-order valence-electron chi connectivity index (χ4n) is 2.00. The highest BCUT2D eigenvalue weighted by atomic mass is 16.4. The zero-order valence-electron chi connectivity index (χ0n) is 14.3. The number of urea groups is 1. The highest BCUT2D eigenvalue weighted by Gasteiger charge is 2.21. The summed E-state index contributed by atoms with van der Waals surface area (Å²) in [6.07, 6.45) is 0.891. The Bertz CT molecular complexity index is 335. The molecule has 0 heterocycles. The maximum Gasteiger partial charge on any atom is 0.314 e. The Hall–Kier alpha value is -1.26. The van der Waals surface area contributed by atoms with Crippen LogP contribution in [0.5, 0.6) is 0 Å². The fourth-order valence-corrected chi connectivity index (χ4v) is 2.00. The topological polar surface area (TPSA) is 78.4 Å². The average Bonchev–Trinajstić information content (AvgIpc) is 2.30. The minimum absolute atomic E-state index is 0.0201. The second kappa shape index (κ2) is 8.90. The summed E-state index contributed by atoms with van der Waals surface area (Å²) in [5, 5.41) is 14.5. The molecule has 5 nitrogen and oxygen atoms in total. The summed E-state index contributed by atoms with van der Waals surface area (Å²) in [5.74, 6) is -0.0497. The minimum Gasteiger partial charge on any atom is -0.481 e. The molecule has 0 aromatic heterocycles. The van der Waals surface area contributed by atoms with Crippen LogP contribution in [0.3, 0.4) is 0 Å². The summed E-state index contributed by atoms with van der Waals surface area (Å²) in [6.45, 7) is 13.7. The molecule has 2 atom stereocenters. The molecule has 0 aromatic carbocycles. The van der Waals surface area contributed by atoms with Gasteiger partial charge in [-0.2, -0.15) is 0 Å². The van der Waals surface area contributed by atoms with Gasteiger partial charge in [-0.3, -0.25) is 4.79 Å². The van der Waals surface area contributed by atoms with Crippen LogP contribution in [-0.2, 0) is 4.79 Å². The lowest BCUT2D eigenvalue weighted by atomic mass is 9.82. The lowest BCUT2D eigenvalue weighted by Gasteiger charge is -2.27. The zero-order chi connectivity index (χ0) is 16.6. The molecule has 5 heteroatoms. The van der Waals surface area contributed by atoms with Crippen molar-refractivity contribution in [1.82, 2.24) is 10.6 Å². The van der Waals surface area contributed by atoms with Crippen molar-refractivity contribution in [3.05, 3.63) is 0 Å². The molecule has 0 aliphatic carbocycles. The van der Waals surface area contributed by atoms with E-state index in [1.165, 1.54) is 0 Å². The van der Waals surface area contributed by atoms with Crippen molar-refractivity contribution in [2.24, 2.45) is 23.2 Å².